The fourth-order valence-electron chi connectivity index (χ4n) is 2.46. The Morgan fingerprint density at radius 3 is 2.96 bits per heavy atom. The zero-order chi connectivity index (χ0) is 16.4. The second kappa shape index (κ2) is 5.91. The lowest BCUT2D eigenvalue weighted by atomic mass is 10.00. The Balaban J connectivity index is 1.92. The van der Waals surface area contributed by atoms with Crippen molar-refractivity contribution in [2.45, 2.75) is 13.0 Å². The maximum atomic E-state index is 12.4. The molecule has 3 aromatic rings. The SMILES string of the molecule is CC(N)c1ccc(C(=O)Nc2ccnc3[nH]ccc23)cc1C#N. The highest BCUT2D eigenvalue weighted by Gasteiger charge is 2.13. The van der Waals surface area contributed by atoms with Gasteiger partial charge in [0, 0.05) is 29.4 Å². The lowest BCUT2D eigenvalue weighted by Gasteiger charge is -2.10. The summed E-state index contributed by atoms with van der Waals surface area (Å²) < 4.78 is 0. The zero-order valence-electron chi connectivity index (χ0n) is 12.5. The number of aromatic nitrogens is 2. The van der Waals surface area contributed by atoms with Crippen molar-refractivity contribution >= 4 is 22.6 Å². The Morgan fingerprint density at radius 2 is 2.22 bits per heavy atom. The van der Waals surface area contributed by atoms with Crippen LogP contribution < -0.4 is 11.1 Å². The lowest BCUT2D eigenvalue weighted by molar-refractivity contribution is 0.102. The number of hydrogen-bond acceptors (Lipinski definition) is 4. The molecule has 4 N–H and O–H groups in total. The fourth-order valence-corrected chi connectivity index (χ4v) is 2.46. The molecule has 0 spiro atoms. The van der Waals surface area contributed by atoms with Gasteiger partial charge in [0.25, 0.3) is 5.91 Å². The first-order valence-electron chi connectivity index (χ1n) is 7.13. The van der Waals surface area contributed by atoms with Crippen LogP contribution in [0.2, 0.25) is 0 Å². The van der Waals surface area contributed by atoms with Gasteiger partial charge in [-0.15, -0.1) is 0 Å². The smallest absolute Gasteiger partial charge is 0.255 e. The number of carbonyl (C=O) groups excluding carboxylic acids is 1. The monoisotopic (exact) mass is 305 g/mol. The first-order chi connectivity index (χ1) is 11.1. The molecule has 0 aliphatic heterocycles. The van der Waals surface area contributed by atoms with Crippen molar-refractivity contribution in [3.63, 3.8) is 0 Å². The number of fused-ring (bicyclic) bond motifs is 1. The van der Waals surface area contributed by atoms with Crippen LogP contribution >= 0.6 is 0 Å². The highest BCUT2D eigenvalue weighted by Crippen LogP contribution is 2.22. The van der Waals surface area contributed by atoms with Crippen LogP contribution in [-0.2, 0) is 0 Å². The van der Waals surface area contributed by atoms with Crippen molar-refractivity contribution in [3.8, 4) is 6.07 Å². The highest BCUT2D eigenvalue weighted by atomic mass is 16.1. The maximum Gasteiger partial charge on any atom is 0.255 e. The topological polar surface area (TPSA) is 108 Å². The summed E-state index contributed by atoms with van der Waals surface area (Å²) in [6.45, 7) is 1.80. The molecule has 6 nitrogen and oxygen atoms in total. The number of nitrogens with two attached hydrogens (primary N) is 1. The first-order valence-corrected chi connectivity index (χ1v) is 7.13. The standard InChI is InChI=1S/C17H15N5O/c1-10(19)13-3-2-11(8-12(13)9-18)17(23)22-15-5-7-21-16-14(15)4-6-20-16/h2-8,10H,19H2,1H3,(H2,20,21,22,23). The van der Waals surface area contributed by atoms with Crippen LogP contribution in [0.5, 0.6) is 0 Å². The van der Waals surface area contributed by atoms with E-state index in [1.165, 1.54) is 0 Å². The Bertz CT molecular complexity index is 920. The van der Waals surface area contributed by atoms with Crippen LogP contribution in [-0.4, -0.2) is 15.9 Å². The van der Waals surface area contributed by atoms with Gasteiger partial charge in [0.2, 0.25) is 0 Å². The molecule has 1 amide bonds. The van der Waals surface area contributed by atoms with Gasteiger partial charge in [-0.1, -0.05) is 6.07 Å². The molecule has 0 aliphatic carbocycles. The summed E-state index contributed by atoms with van der Waals surface area (Å²) in [5, 5.41) is 12.9. The molecule has 6 heteroatoms. The average molecular weight is 305 g/mol. The molecule has 0 bridgehead atoms. The third-order valence-electron chi connectivity index (χ3n) is 3.63. The van der Waals surface area contributed by atoms with Crippen LogP contribution in [0.4, 0.5) is 5.69 Å². The van der Waals surface area contributed by atoms with Crippen molar-refractivity contribution < 1.29 is 4.79 Å². The number of aromatic amines is 1. The molecule has 0 radical (unpaired) electrons. The summed E-state index contributed by atoms with van der Waals surface area (Å²) in [5.74, 6) is -0.286. The van der Waals surface area contributed by atoms with Crippen molar-refractivity contribution in [2.75, 3.05) is 5.32 Å². The third kappa shape index (κ3) is 2.78. The molecule has 0 saturated carbocycles. The number of hydrogen-bond donors (Lipinski definition) is 3. The number of rotatable bonds is 3. The second-order valence-corrected chi connectivity index (χ2v) is 5.26. The number of nitriles is 1. The van der Waals surface area contributed by atoms with Gasteiger partial charge >= 0.3 is 0 Å². The predicted octanol–water partition coefficient (Wildman–Crippen LogP) is 2.71. The van der Waals surface area contributed by atoms with E-state index >= 15 is 0 Å². The van der Waals surface area contributed by atoms with Crippen molar-refractivity contribution in [1.29, 1.82) is 5.26 Å². The minimum Gasteiger partial charge on any atom is -0.346 e. The zero-order valence-corrected chi connectivity index (χ0v) is 12.5. The largest absolute Gasteiger partial charge is 0.346 e. The maximum absolute atomic E-state index is 12.4. The summed E-state index contributed by atoms with van der Waals surface area (Å²) in [7, 11) is 0. The van der Waals surface area contributed by atoms with E-state index in [0.29, 0.717) is 22.5 Å². The number of benzene rings is 1. The molecular formula is C17H15N5O. The molecule has 0 aliphatic rings. The van der Waals surface area contributed by atoms with E-state index in [1.807, 2.05) is 6.07 Å². The van der Waals surface area contributed by atoms with Crippen LogP contribution in [0, 0.1) is 11.3 Å². The van der Waals surface area contributed by atoms with E-state index < -0.39 is 0 Å². The van der Waals surface area contributed by atoms with E-state index in [-0.39, 0.29) is 11.9 Å². The Kier molecular flexibility index (Phi) is 3.79. The summed E-state index contributed by atoms with van der Waals surface area (Å²) in [5.41, 5.74) is 8.74. The number of anilines is 1. The molecule has 114 valence electrons. The van der Waals surface area contributed by atoms with E-state index in [4.69, 9.17) is 5.73 Å². The number of nitrogens with zero attached hydrogens (tertiary/aromatic N) is 2. The van der Waals surface area contributed by atoms with Crippen LogP contribution in [0.15, 0.2) is 42.7 Å². The van der Waals surface area contributed by atoms with Gasteiger partial charge in [-0.3, -0.25) is 4.79 Å². The van der Waals surface area contributed by atoms with E-state index in [1.54, 1.807) is 43.6 Å². The first kappa shape index (κ1) is 14.8. The van der Waals surface area contributed by atoms with Gasteiger partial charge in [0.05, 0.1) is 17.3 Å². The van der Waals surface area contributed by atoms with Gasteiger partial charge in [-0.2, -0.15) is 5.26 Å². The molecule has 1 atom stereocenters. The molecule has 23 heavy (non-hydrogen) atoms. The Hall–Kier alpha value is -3.17. The van der Waals surface area contributed by atoms with Crippen molar-refractivity contribution in [1.82, 2.24) is 9.97 Å². The molecule has 1 unspecified atom stereocenters. The summed E-state index contributed by atoms with van der Waals surface area (Å²) in [4.78, 5) is 19.6. The molecule has 1 aromatic carbocycles. The van der Waals surface area contributed by atoms with Gasteiger partial charge in [-0.25, -0.2) is 4.98 Å². The van der Waals surface area contributed by atoms with E-state index in [0.717, 1.165) is 10.9 Å². The number of pyridine rings is 1. The summed E-state index contributed by atoms with van der Waals surface area (Å²) in [6.07, 6.45) is 3.38. The van der Waals surface area contributed by atoms with Crippen molar-refractivity contribution in [3.05, 3.63) is 59.4 Å². The minimum absolute atomic E-state index is 0.263. The summed E-state index contributed by atoms with van der Waals surface area (Å²) >= 11 is 0. The van der Waals surface area contributed by atoms with Crippen LogP contribution in [0.1, 0.15) is 34.5 Å². The third-order valence-corrected chi connectivity index (χ3v) is 3.63. The summed E-state index contributed by atoms with van der Waals surface area (Å²) in [6, 6.07) is 10.3. The van der Waals surface area contributed by atoms with Crippen molar-refractivity contribution in [2.24, 2.45) is 5.73 Å². The highest BCUT2D eigenvalue weighted by molar-refractivity contribution is 6.08. The molecule has 2 aromatic heterocycles. The average Bonchev–Trinajstić information content (AvgIpc) is 3.03. The lowest BCUT2D eigenvalue weighted by Crippen LogP contribution is -2.14. The van der Waals surface area contributed by atoms with Crippen LogP contribution in [0.25, 0.3) is 11.0 Å². The molecule has 2 heterocycles. The second-order valence-electron chi connectivity index (χ2n) is 5.26. The molecule has 0 saturated heterocycles. The molecular weight excluding hydrogens is 290 g/mol. The Morgan fingerprint density at radius 1 is 1.39 bits per heavy atom. The molecule has 3 rings (SSSR count). The van der Waals surface area contributed by atoms with Gasteiger partial charge in [0.1, 0.15) is 5.65 Å². The number of carbonyl (C=O) groups is 1. The number of amides is 1. The van der Waals surface area contributed by atoms with E-state index in [9.17, 15) is 10.1 Å². The van der Waals surface area contributed by atoms with Crippen LogP contribution in [0.3, 0.4) is 0 Å². The predicted molar refractivity (Wildman–Crippen MR) is 87.8 cm³/mol. The number of H-pyrrole nitrogens is 1. The van der Waals surface area contributed by atoms with Gasteiger partial charge in [0.15, 0.2) is 0 Å². The van der Waals surface area contributed by atoms with Gasteiger partial charge in [-0.05, 0) is 36.8 Å². The molecule has 0 fully saturated rings. The van der Waals surface area contributed by atoms with Gasteiger partial charge < -0.3 is 16.0 Å². The quantitative estimate of drug-likeness (QED) is 0.691. The number of nitrogens with one attached hydrogen (secondary N) is 2. The Labute approximate surface area is 133 Å². The van der Waals surface area contributed by atoms with E-state index in [2.05, 4.69) is 21.4 Å². The fraction of sp³-hybridized carbons (Fsp3) is 0.118. The normalized spacial score (nSPS) is 11.9. The minimum atomic E-state index is -0.286.